The lowest BCUT2D eigenvalue weighted by molar-refractivity contribution is 0.0474. The fraction of sp³-hybridized carbons (Fsp3) is 0.240. The molecule has 0 atom stereocenters. The number of rotatable bonds is 6. The Morgan fingerprint density at radius 1 is 0.968 bits per heavy atom. The van der Waals surface area contributed by atoms with Crippen LogP contribution in [0.4, 0.5) is 5.69 Å². The third kappa shape index (κ3) is 4.74. The fourth-order valence-electron chi connectivity index (χ4n) is 3.68. The Morgan fingerprint density at radius 2 is 1.74 bits per heavy atom. The van der Waals surface area contributed by atoms with Crippen LogP contribution in [0, 0.1) is 6.92 Å². The van der Waals surface area contributed by atoms with Gasteiger partial charge in [0.2, 0.25) is 0 Å². The molecule has 0 spiro atoms. The van der Waals surface area contributed by atoms with Crippen LogP contribution < -0.4 is 5.32 Å². The van der Waals surface area contributed by atoms with Gasteiger partial charge in [-0.15, -0.1) is 0 Å². The molecule has 1 aromatic heterocycles. The van der Waals surface area contributed by atoms with Crippen LogP contribution in [0.3, 0.4) is 0 Å². The van der Waals surface area contributed by atoms with Crippen LogP contribution in [0.2, 0.25) is 0 Å². The minimum absolute atomic E-state index is 0.169. The lowest BCUT2D eigenvalue weighted by Gasteiger charge is -2.16. The number of anilines is 1. The molecule has 0 saturated carbocycles. The first-order chi connectivity index (χ1) is 15.0. The number of carbonyl (C=O) groups is 3. The number of furan rings is 1. The van der Waals surface area contributed by atoms with E-state index < -0.39 is 11.9 Å². The molecule has 6 heteroatoms. The average Bonchev–Trinajstić information content (AvgIpc) is 3.33. The summed E-state index contributed by atoms with van der Waals surface area (Å²) in [5, 5.41) is 2.72. The Balaban J connectivity index is 1.40. The zero-order chi connectivity index (χ0) is 21.8. The number of ether oxygens (including phenoxy) is 1. The van der Waals surface area contributed by atoms with E-state index in [1.165, 1.54) is 29.9 Å². The Bertz CT molecular complexity index is 1130. The maximum Gasteiger partial charge on any atom is 0.338 e. The Morgan fingerprint density at radius 3 is 2.52 bits per heavy atom. The first-order valence-electron chi connectivity index (χ1n) is 10.3. The van der Waals surface area contributed by atoms with Crippen molar-refractivity contribution < 1.29 is 23.5 Å². The SMILES string of the molecule is Cc1ccc(C(=O)OCC(=O)c2ccc3c(c2)CCCC3)cc1NC(=O)c1ccco1. The third-order valence-electron chi connectivity index (χ3n) is 5.47. The summed E-state index contributed by atoms with van der Waals surface area (Å²) in [6.45, 7) is 1.48. The summed E-state index contributed by atoms with van der Waals surface area (Å²) in [5.41, 5.74) is 4.56. The second-order valence-electron chi connectivity index (χ2n) is 7.65. The molecule has 3 aromatic rings. The Kier molecular flexibility index (Phi) is 5.98. The van der Waals surface area contributed by atoms with E-state index >= 15 is 0 Å². The molecule has 0 fully saturated rings. The highest BCUT2D eigenvalue weighted by Gasteiger charge is 2.17. The molecule has 1 amide bonds. The first-order valence-corrected chi connectivity index (χ1v) is 10.3. The van der Waals surface area contributed by atoms with E-state index in [1.54, 1.807) is 30.3 Å². The predicted octanol–water partition coefficient (Wildman–Crippen LogP) is 4.76. The van der Waals surface area contributed by atoms with Crippen LogP contribution >= 0.6 is 0 Å². The fourth-order valence-corrected chi connectivity index (χ4v) is 3.68. The van der Waals surface area contributed by atoms with E-state index in [2.05, 4.69) is 5.32 Å². The number of benzene rings is 2. The molecule has 1 aliphatic rings. The lowest BCUT2D eigenvalue weighted by atomic mass is 9.90. The van der Waals surface area contributed by atoms with Gasteiger partial charge in [-0.3, -0.25) is 9.59 Å². The molecule has 1 N–H and O–H groups in total. The van der Waals surface area contributed by atoms with Gasteiger partial charge in [0.05, 0.1) is 11.8 Å². The van der Waals surface area contributed by atoms with Crippen molar-refractivity contribution in [2.24, 2.45) is 0 Å². The molecule has 0 aliphatic heterocycles. The molecule has 0 radical (unpaired) electrons. The van der Waals surface area contributed by atoms with Crippen molar-refractivity contribution in [3.63, 3.8) is 0 Å². The van der Waals surface area contributed by atoms with Crippen molar-refractivity contribution in [1.29, 1.82) is 0 Å². The summed E-state index contributed by atoms with van der Waals surface area (Å²) in [6.07, 6.45) is 5.75. The summed E-state index contributed by atoms with van der Waals surface area (Å²) < 4.78 is 10.3. The van der Waals surface area contributed by atoms with Crippen molar-refractivity contribution >= 4 is 23.3 Å². The van der Waals surface area contributed by atoms with Crippen LogP contribution in [0.1, 0.15) is 60.8 Å². The van der Waals surface area contributed by atoms with E-state index in [0.717, 1.165) is 24.8 Å². The summed E-state index contributed by atoms with van der Waals surface area (Å²) in [4.78, 5) is 37.2. The summed E-state index contributed by atoms with van der Waals surface area (Å²) in [7, 11) is 0. The molecule has 1 aliphatic carbocycles. The standard InChI is InChI=1S/C25H23NO5/c1-16-8-9-20(14-21(16)26-24(28)23-7-4-12-30-23)25(29)31-15-22(27)19-11-10-17-5-2-3-6-18(17)13-19/h4,7-14H,2-3,5-6,15H2,1H3,(H,26,28). The highest BCUT2D eigenvalue weighted by atomic mass is 16.5. The highest BCUT2D eigenvalue weighted by molar-refractivity contribution is 6.04. The van der Waals surface area contributed by atoms with Crippen molar-refractivity contribution in [3.05, 3.63) is 88.4 Å². The van der Waals surface area contributed by atoms with Crippen LogP contribution in [0.5, 0.6) is 0 Å². The molecule has 4 rings (SSSR count). The van der Waals surface area contributed by atoms with Gasteiger partial charge in [-0.05, 0) is 79.6 Å². The summed E-state index contributed by atoms with van der Waals surface area (Å²) >= 11 is 0. The number of nitrogens with one attached hydrogen (secondary N) is 1. The van der Waals surface area contributed by atoms with Gasteiger partial charge in [0.1, 0.15) is 0 Å². The van der Waals surface area contributed by atoms with Gasteiger partial charge in [0.15, 0.2) is 18.2 Å². The van der Waals surface area contributed by atoms with Gasteiger partial charge >= 0.3 is 5.97 Å². The van der Waals surface area contributed by atoms with Gasteiger partial charge < -0.3 is 14.5 Å². The second kappa shape index (κ2) is 9.00. The molecule has 0 bridgehead atoms. The predicted molar refractivity (Wildman–Crippen MR) is 116 cm³/mol. The van der Waals surface area contributed by atoms with Gasteiger partial charge in [-0.25, -0.2) is 4.79 Å². The third-order valence-corrected chi connectivity index (χ3v) is 5.47. The monoisotopic (exact) mass is 417 g/mol. The van der Waals surface area contributed by atoms with Crippen molar-refractivity contribution in [1.82, 2.24) is 0 Å². The molecule has 0 unspecified atom stereocenters. The number of aryl methyl sites for hydroxylation is 3. The maximum absolute atomic E-state index is 12.5. The van der Waals surface area contributed by atoms with Crippen LogP contribution in [0.15, 0.2) is 59.2 Å². The smallest absolute Gasteiger partial charge is 0.338 e. The molecule has 6 nitrogen and oxygen atoms in total. The quantitative estimate of drug-likeness (QED) is 0.462. The Hall–Kier alpha value is -3.67. The minimum Gasteiger partial charge on any atom is -0.459 e. The van der Waals surface area contributed by atoms with Crippen LogP contribution in [0.25, 0.3) is 0 Å². The molecular formula is C25H23NO5. The number of amides is 1. The molecular weight excluding hydrogens is 394 g/mol. The highest BCUT2D eigenvalue weighted by Crippen LogP contribution is 2.23. The van der Waals surface area contributed by atoms with Crippen molar-refractivity contribution in [2.45, 2.75) is 32.6 Å². The molecule has 0 saturated heterocycles. The van der Waals surface area contributed by atoms with Gasteiger partial charge in [0.25, 0.3) is 5.91 Å². The topological polar surface area (TPSA) is 85.6 Å². The molecule has 31 heavy (non-hydrogen) atoms. The van der Waals surface area contributed by atoms with Crippen molar-refractivity contribution in [2.75, 3.05) is 11.9 Å². The number of ketones is 1. The number of esters is 1. The Labute approximate surface area is 180 Å². The normalized spacial score (nSPS) is 12.7. The second-order valence-corrected chi connectivity index (χ2v) is 7.65. The molecule has 158 valence electrons. The lowest BCUT2D eigenvalue weighted by Crippen LogP contribution is -2.16. The average molecular weight is 417 g/mol. The number of carbonyl (C=O) groups excluding carboxylic acids is 3. The maximum atomic E-state index is 12.5. The van der Waals surface area contributed by atoms with Gasteiger partial charge in [-0.1, -0.05) is 18.2 Å². The first kappa shape index (κ1) is 20.6. The minimum atomic E-state index is -0.625. The number of hydrogen-bond donors (Lipinski definition) is 1. The number of hydrogen-bond acceptors (Lipinski definition) is 5. The zero-order valence-electron chi connectivity index (χ0n) is 17.3. The largest absolute Gasteiger partial charge is 0.459 e. The molecule has 1 heterocycles. The van der Waals surface area contributed by atoms with Gasteiger partial charge in [0, 0.05) is 11.3 Å². The number of Topliss-reactive ketones (excluding diaryl/α,β-unsaturated/α-hetero) is 1. The zero-order valence-corrected chi connectivity index (χ0v) is 17.3. The van der Waals surface area contributed by atoms with E-state index in [-0.39, 0.29) is 23.7 Å². The van der Waals surface area contributed by atoms with Crippen molar-refractivity contribution in [3.8, 4) is 0 Å². The summed E-state index contributed by atoms with van der Waals surface area (Å²) in [6, 6.07) is 13.7. The van der Waals surface area contributed by atoms with E-state index in [4.69, 9.17) is 9.15 Å². The van der Waals surface area contributed by atoms with E-state index in [0.29, 0.717) is 11.3 Å². The van der Waals surface area contributed by atoms with Gasteiger partial charge in [-0.2, -0.15) is 0 Å². The molecule has 2 aromatic carbocycles. The van der Waals surface area contributed by atoms with Crippen LogP contribution in [-0.2, 0) is 17.6 Å². The summed E-state index contributed by atoms with van der Waals surface area (Å²) in [5.74, 6) is -1.11. The van der Waals surface area contributed by atoms with Crippen LogP contribution in [-0.4, -0.2) is 24.3 Å². The van der Waals surface area contributed by atoms with E-state index in [1.807, 2.05) is 19.1 Å². The number of fused-ring (bicyclic) bond motifs is 1. The van der Waals surface area contributed by atoms with E-state index in [9.17, 15) is 14.4 Å².